The molecule has 4 heteroatoms. The van der Waals surface area contributed by atoms with Crippen LogP contribution in [0.1, 0.15) is 174 Å². The van der Waals surface area contributed by atoms with Crippen molar-refractivity contribution in [1.29, 1.82) is 0 Å². The van der Waals surface area contributed by atoms with E-state index in [0.717, 1.165) is 25.7 Å². The number of ether oxygens (including phenoxy) is 1. The van der Waals surface area contributed by atoms with Gasteiger partial charge < -0.3 is 20.1 Å². The molecule has 0 saturated heterocycles. The van der Waals surface area contributed by atoms with Gasteiger partial charge in [0.1, 0.15) is 0 Å². The smallest absolute Gasteiger partial charge is 0.0697 e. The highest BCUT2D eigenvalue weighted by Gasteiger charge is 2.38. The maximum atomic E-state index is 9.94. The maximum Gasteiger partial charge on any atom is 0.0697 e. The Morgan fingerprint density at radius 3 is 1.05 bits per heavy atom. The van der Waals surface area contributed by atoms with E-state index in [2.05, 4.69) is 13.8 Å². The number of aliphatic hydroxyl groups excluding tert-OH is 3. The van der Waals surface area contributed by atoms with Crippen molar-refractivity contribution in [3.05, 3.63) is 0 Å². The van der Waals surface area contributed by atoms with Crippen molar-refractivity contribution in [1.82, 2.24) is 0 Å². The lowest BCUT2D eigenvalue weighted by Gasteiger charge is -2.36. The van der Waals surface area contributed by atoms with Crippen LogP contribution in [-0.4, -0.2) is 47.9 Å². The molecule has 0 amide bonds. The minimum Gasteiger partial charge on any atom is -0.396 e. The lowest BCUT2D eigenvalue weighted by molar-refractivity contribution is -0.117. The average Bonchev–Trinajstić information content (AvgIpc) is 2.92. The molecule has 224 valence electrons. The number of unbranched alkanes of at least 4 members (excludes halogenated alkanes) is 22. The molecule has 0 fully saturated rings. The molecule has 4 nitrogen and oxygen atoms in total. The summed E-state index contributed by atoms with van der Waals surface area (Å²) in [6, 6.07) is 0. The predicted molar refractivity (Wildman–Crippen MR) is 160 cm³/mol. The van der Waals surface area contributed by atoms with E-state index in [9.17, 15) is 15.3 Å². The van der Waals surface area contributed by atoms with Gasteiger partial charge >= 0.3 is 0 Å². The third kappa shape index (κ3) is 21.4. The SMILES string of the molecule is CCCCCCCCCCCCCCOC(CCCCCCCCCCCCCC)C(CO)(CO)CO. The van der Waals surface area contributed by atoms with Gasteiger partial charge in [-0.25, -0.2) is 0 Å². The highest BCUT2D eigenvalue weighted by Crippen LogP contribution is 2.28. The zero-order chi connectivity index (χ0) is 27.3. The second-order valence-electron chi connectivity index (χ2n) is 11.8. The van der Waals surface area contributed by atoms with Crippen molar-refractivity contribution in [2.45, 2.75) is 180 Å². The van der Waals surface area contributed by atoms with Gasteiger partial charge in [-0.15, -0.1) is 0 Å². The van der Waals surface area contributed by atoms with Gasteiger partial charge in [-0.1, -0.05) is 162 Å². The second kappa shape index (κ2) is 28.8. The van der Waals surface area contributed by atoms with E-state index >= 15 is 0 Å². The molecule has 0 rings (SSSR count). The first-order valence-corrected chi connectivity index (χ1v) is 16.6. The standard InChI is InChI=1S/C33H68O4/c1-3-5-7-9-11-13-15-17-19-21-23-25-27-32(33(29-34,30-35)31-36)37-28-26-24-22-20-18-16-14-12-10-8-6-4-2/h32,34-36H,3-31H2,1-2H3. The maximum absolute atomic E-state index is 9.94. The molecule has 0 aliphatic rings. The topological polar surface area (TPSA) is 69.9 Å². The molecule has 37 heavy (non-hydrogen) atoms. The lowest BCUT2D eigenvalue weighted by Crippen LogP contribution is -2.46. The van der Waals surface area contributed by atoms with Crippen LogP contribution in [0.4, 0.5) is 0 Å². The van der Waals surface area contributed by atoms with E-state index in [1.165, 1.54) is 135 Å². The van der Waals surface area contributed by atoms with Crippen LogP contribution >= 0.6 is 0 Å². The van der Waals surface area contributed by atoms with Crippen molar-refractivity contribution >= 4 is 0 Å². The zero-order valence-electron chi connectivity index (χ0n) is 25.3. The Morgan fingerprint density at radius 2 is 0.730 bits per heavy atom. The Labute approximate surface area is 232 Å². The fraction of sp³-hybridized carbons (Fsp3) is 1.00. The molecule has 0 radical (unpaired) electrons. The highest BCUT2D eigenvalue weighted by atomic mass is 16.5. The van der Waals surface area contributed by atoms with E-state index in [1.54, 1.807) is 0 Å². The number of rotatable bonds is 31. The second-order valence-corrected chi connectivity index (χ2v) is 11.8. The summed E-state index contributed by atoms with van der Waals surface area (Å²) < 4.78 is 6.19. The zero-order valence-corrected chi connectivity index (χ0v) is 25.3. The minimum absolute atomic E-state index is 0.235. The number of hydrogen-bond acceptors (Lipinski definition) is 4. The van der Waals surface area contributed by atoms with Gasteiger partial charge in [-0.3, -0.25) is 0 Å². The molecule has 0 aromatic heterocycles. The Morgan fingerprint density at radius 1 is 0.432 bits per heavy atom. The third-order valence-electron chi connectivity index (χ3n) is 8.26. The van der Waals surface area contributed by atoms with Crippen LogP contribution < -0.4 is 0 Å². The van der Waals surface area contributed by atoms with Crippen molar-refractivity contribution in [2.24, 2.45) is 5.41 Å². The van der Waals surface area contributed by atoms with Crippen LogP contribution in [0.3, 0.4) is 0 Å². The van der Waals surface area contributed by atoms with Crippen LogP contribution in [0.15, 0.2) is 0 Å². The summed E-state index contributed by atoms with van der Waals surface area (Å²) in [6.07, 6.45) is 32.0. The van der Waals surface area contributed by atoms with Gasteiger partial charge in [0.05, 0.1) is 31.3 Å². The minimum atomic E-state index is -0.936. The largest absolute Gasteiger partial charge is 0.396 e. The van der Waals surface area contributed by atoms with E-state index in [0.29, 0.717) is 6.61 Å². The van der Waals surface area contributed by atoms with Crippen molar-refractivity contribution < 1.29 is 20.1 Å². The molecule has 0 aromatic rings. The molecule has 0 spiro atoms. The van der Waals surface area contributed by atoms with Crippen LogP contribution in [0.25, 0.3) is 0 Å². The van der Waals surface area contributed by atoms with E-state index in [1.807, 2.05) is 0 Å². The van der Waals surface area contributed by atoms with Crippen molar-refractivity contribution in [2.75, 3.05) is 26.4 Å². The molecule has 0 heterocycles. The van der Waals surface area contributed by atoms with Gasteiger partial charge in [0.25, 0.3) is 0 Å². The summed E-state index contributed by atoms with van der Waals surface area (Å²) in [5.41, 5.74) is -0.936. The van der Waals surface area contributed by atoms with Crippen molar-refractivity contribution in [3.63, 3.8) is 0 Å². The normalized spacial score (nSPS) is 12.9. The Hall–Kier alpha value is -0.160. The molecule has 1 atom stereocenters. The number of aliphatic hydroxyl groups is 3. The molecule has 0 aliphatic heterocycles. The predicted octanol–water partition coefficient (Wildman–Crippen LogP) is 9.13. The summed E-state index contributed by atoms with van der Waals surface area (Å²) in [4.78, 5) is 0. The van der Waals surface area contributed by atoms with Crippen molar-refractivity contribution in [3.8, 4) is 0 Å². The Kier molecular flexibility index (Phi) is 28.7. The van der Waals surface area contributed by atoms with E-state index in [-0.39, 0.29) is 25.9 Å². The van der Waals surface area contributed by atoms with Crippen LogP contribution in [-0.2, 0) is 4.74 Å². The van der Waals surface area contributed by atoms with Crippen LogP contribution in [0, 0.1) is 5.41 Å². The van der Waals surface area contributed by atoms with Gasteiger partial charge in [0, 0.05) is 6.61 Å². The summed E-state index contributed by atoms with van der Waals surface area (Å²) in [5.74, 6) is 0. The quantitative estimate of drug-likeness (QED) is 0.0785. The highest BCUT2D eigenvalue weighted by molar-refractivity contribution is 4.86. The first-order chi connectivity index (χ1) is 18.2. The summed E-state index contributed by atoms with van der Waals surface area (Å²) in [7, 11) is 0. The van der Waals surface area contributed by atoms with Gasteiger partial charge in [0.2, 0.25) is 0 Å². The summed E-state index contributed by atoms with van der Waals surface area (Å²) in [5, 5.41) is 29.8. The van der Waals surface area contributed by atoms with E-state index in [4.69, 9.17) is 4.74 Å². The average molecular weight is 529 g/mol. The molecule has 3 N–H and O–H groups in total. The van der Waals surface area contributed by atoms with E-state index < -0.39 is 5.41 Å². The lowest BCUT2D eigenvalue weighted by atomic mass is 9.81. The first kappa shape index (κ1) is 36.8. The summed E-state index contributed by atoms with van der Waals surface area (Å²) >= 11 is 0. The van der Waals surface area contributed by atoms with Crippen LogP contribution in [0.5, 0.6) is 0 Å². The fourth-order valence-corrected chi connectivity index (χ4v) is 5.36. The first-order valence-electron chi connectivity index (χ1n) is 16.6. The van der Waals surface area contributed by atoms with Crippen LogP contribution in [0.2, 0.25) is 0 Å². The summed E-state index contributed by atoms with van der Waals surface area (Å²) in [6.45, 7) is 4.49. The Bertz CT molecular complexity index is 416. The molecule has 0 aliphatic carbocycles. The molecular formula is C33H68O4. The molecular weight excluding hydrogens is 460 g/mol. The van der Waals surface area contributed by atoms with Gasteiger partial charge in [-0.05, 0) is 12.8 Å². The van der Waals surface area contributed by atoms with Gasteiger partial charge in [0.15, 0.2) is 0 Å². The number of hydrogen-bond donors (Lipinski definition) is 3. The molecule has 1 unspecified atom stereocenters. The third-order valence-corrected chi connectivity index (χ3v) is 8.26. The monoisotopic (exact) mass is 529 g/mol. The fourth-order valence-electron chi connectivity index (χ4n) is 5.36. The molecule has 0 bridgehead atoms. The van der Waals surface area contributed by atoms with Gasteiger partial charge in [-0.2, -0.15) is 0 Å². The molecule has 0 aromatic carbocycles. The molecule has 0 saturated carbocycles. The Balaban J connectivity index is 3.94.